The molecule has 0 radical (unpaired) electrons. The molecule has 1 atom stereocenters. The molecule has 66 heavy (non-hydrogen) atoms. The van der Waals surface area contributed by atoms with Gasteiger partial charge in [-0.15, -0.1) is 0 Å². The molecule has 0 aromatic carbocycles. The summed E-state index contributed by atoms with van der Waals surface area (Å²) in [6, 6.07) is 0. The SMILES string of the molecule is CCCCCCCC/C=C\CCCCCCCCCCCC(=O)OC(COC(=O)CCCCCCCCCC)COC(=O)CCCCCCCCCCC/C=C\CCCCCCCCCC. The first-order valence-corrected chi connectivity index (χ1v) is 29.3. The van der Waals surface area contributed by atoms with Crippen LogP contribution in [-0.2, 0) is 28.6 Å². The summed E-state index contributed by atoms with van der Waals surface area (Å²) < 4.78 is 16.8. The fourth-order valence-electron chi connectivity index (χ4n) is 8.73. The summed E-state index contributed by atoms with van der Waals surface area (Å²) in [5.41, 5.74) is 0. The maximum atomic E-state index is 12.8. The van der Waals surface area contributed by atoms with Crippen molar-refractivity contribution in [2.45, 2.75) is 329 Å². The Kier molecular flexibility index (Phi) is 53.7. The molecule has 6 heteroatoms. The number of allylic oxidation sites excluding steroid dienone is 4. The first kappa shape index (κ1) is 63.9. The second-order valence-corrected chi connectivity index (χ2v) is 19.9. The van der Waals surface area contributed by atoms with Gasteiger partial charge in [0.2, 0.25) is 0 Å². The first-order valence-electron chi connectivity index (χ1n) is 29.3. The van der Waals surface area contributed by atoms with Crippen LogP contribution in [0.5, 0.6) is 0 Å². The zero-order valence-corrected chi connectivity index (χ0v) is 44.5. The third kappa shape index (κ3) is 52.9. The predicted molar refractivity (Wildman–Crippen MR) is 284 cm³/mol. The standard InChI is InChI=1S/C60H112O6/c1-4-7-10-13-16-19-21-23-25-27-29-30-32-33-35-37-39-41-44-47-50-53-59(62)65-56-57(55-64-58(61)52-49-46-43-18-15-12-9-6-3)66-60(63)54-51-48-45-42-40-38-36-34-31-28-26-24-22-20-17-14-11-8-5-2/h24,26-27,29,57H,4-23,25,28,30-56H2,1-3H3/b26-24-,29-27-. The van der Waals surface area contributed by atoms with Gasteiger partial charge < -0.3 is 14.2 Å². The third-order valence-electron chi connectivity index (χ3n) is 13.2. The number of unbranched alkanes of at least 4 members (excludes halogenated alkanes) is 39. The van der Waals surface area contributed by atoms with Crippen LogP contribution < -0.4 is 0 Å². The molecule has 0 heterocycles. The van der Waals surface area contributed by atoms with E-state index < -0.39 is 6.10 Å². The average molecular weight is 930 g/mol. The highest BCUT2D eigenvalue weighted by molar-refractivity contribution is 5.71. The van der Waals surface area contributed by atoms with E-state index in [-0.39, 0.29) is 31.1 Å². The number of hydrogen-bond acceptors (Lipinski definition) is 6. The summed E-state index contributed by atoms with van der Waals surface area (Å²) in [4.78, 5) is 38.0. The molecule has 0 rings (SSSR count). The fraction of sp³-hybridized carbons (Fsp3) is 0.883. The summed E-state index contributed by atoms with van der Waals surface area (Å²) in [5.74, 6) is -0.859. The number of ether oxygens (including phenoxy) is 3. The van der Waals surface area contributed by atoms with Crippen LogP contribution in [0.2, 0.25) is 0 Å². The number of rotatable bonds is 54. The van der Waals surface area contributed by atoms with Crippen LogP contribution in [0.1, 0.15) is 323 Å². The van der Waals surface area contributed by atoms with Crippen molar-refractivity contribution in [2.75, 3.05) is 13.2 Å². The van der Waals surface area contributed by atoms with Crippen molar-refractivity contribution in [3.63, 3.8) is 0 Å². The number of esters is 3. The maximum Gasteiger partial charge on any atom is 0.306 e. The molecule has 0 spiro atoms. The van der Waals surface area contributed by atoms with Gasteiger partial charge in [-0.25, -0.2) is 0 Å². The molecule has 0 saturated carbocycles. The highest BCUT2D eigenvalue weighted by atomic mass is 16.6. The van der Waals surface area contributed by atoms with E-state index in [1.165, 1.54) is 225 Å². The molecular formula is C60H112O6. The van der Waals surface area contributed by atoms with Crippen LogP contribution in [-0.4, -0.2) is 37.2 Å². The Hall–Kier alpha value is -2.11. The van der Waals surface area contributed by atoms with E-state index >= 15 is 0 Å². The van der Waals surface area contributed by atoms with E-state index in [0.29, 0.717) is 19.3 Å². The number of hydrogen-bond donors (Lipinski definition) is 0. The molecule has 1 unspecified atom stereocenters. The van der Waals surface area contributed by atoms with Crippen molar-refractivity contribution in [2.24, 2.45) is 0 Å². The molecule has 388 valence electrons. The van der Waals surface area contributed by atoms with Gasteiger partial charge in [0.15, 0.2) is 6.10 Å². The van der Waals surface area contributed by atoms with Gasteiger partial charge in [-0.05, 0) is 70.6 Å². The monoisotopic (exact) mass is 929 g/mol. The normalized spacial score (nSPS) is 12.1. The molecular weight excluding hydrogens is 817 g/mol. The number of carbonyl (C=O) groups excluding carboxylic acids is 3. The van der Waals surface area contributed by atoms with Crippen LogP contribution in [0.15, 0.2) is 24.3 Å². The Balaban J connectivity index is 4.19. The molecule has 0 N–H and O–H groups in total. The van der Waals surface area contributed by atoms with E-state index in [2.05, 4.69) is 45.1 Å². The Morgan fingerprint density at radius 3 is 0.758 bits per heavy atom. The zero-order chi connectivity index (χ0) is 47.9. The minimum absolute atomic E-state index is 0.0690. The summed E-state index contributed by atoms with van der Waals surface area (Å²) >= 11 is 0. The molecule has 0 aliphatic carbocycles. The molecule has 0 aliphatic heterocycles. The Morgan fingerprint density at radius 2 is 0.500 bits per heavy atom. The molecule has 0 saturated heterocycles. The van der Waals surface area contributed by atoms with Crippen molar-refractivity contribution in [1.29, 1.82) is 0 Å². The van der Waals surface area contributed by atoms with Gasteiger partial charge in [0.05, 0.1) is 0 Å². The Morgan fingerprint density at radius 1 is 0.288 bits per heavy atom. The highest BCUT2D eigenvalue weighted by Gasteiger charge is 2.19. The van der Waals surface area contributed by atoms with E-state index in [1.54, 1.807) is 0 Å². The highest BCUT2D eigenvalue weighted by Crippen LogP contribution is 2.16. The van der Waals surface area contributed by atoms with E-state index in [1.807, 2.05) is 0 Å². The van der Waals surface area contributed by atoms with Gasteiger partial charge in [-0.1, -0.05) is 257 Å². The van der Waals surface area contributed by atoms with Gasteiger partial charge in [-0.3, -0.25) is 14.4 Å². The van der Waals surface area contributed by atoms with Crippen LogP contribution in [0.3, 0.4) is 0 Å². The zero-order valence-electron chi connectivity index (χ0n) is 44.5. The summed E-state index contributed by atoms with van der Waals surface area (Å²) in [6.45, 7) is 6.65. The molecule has 0 fully saturated rings. The van der Waals surface area contributed by atoms with Gasteiger partial charge >= 0.3 is 17.9 Å². The first-order chi connectivity index (χ1) is 32.5. The lowest BCUT2D eigenvalue weighted by atomic mass is 10.1. The van der Waals surface area contributed by atoms with Gasteiger partial charge in [0.1, 0.15) is 13.2 Å². The largest absolute Gasteiger partial charge is 0.462 e. The molecule has 0 aromatic rings. The van der Waals surface area contributed by atoms with E-state index in [4.69, 9.17) is 14.2 Å². The smallest absolute Gasteiger partial charge is 0.306 e. The van der Waals surface area contributed by atoms with Crippen molar-refractivity contribution in [3.8, 4) is 0 Å². The van der Waals surface area contributed by atoms with Gasteiger partial charge in [-0.2, -0.15) is 0 Å². The van der Waals surface area contributed by atoms with Crippen LogP contribution in [0, 0.1) is 0 Å². The predicted octanol–water partition coefficient (Wildman–Crippen LogP) is 19.5. The molecule has 0 amide bonds. The lowest BCUT2D eigenvalue weighted by molar-refractivity contribution is -0.167. The summed E-state index contributed by atoms with van der Waals surface area (Å²) in [5, 5.41) is 0. The van der Waals surface area contributed by atoms with E-state index in [0.717, 1.165) is 57.8 Å². The maximum absolute atomic E-state index is 12.8. The Labute approximate surface area is 411 Å². The van der Waals surface area contributed by atoms with E-state index in [9.17, 15) is 14.4 Å². The van der Waals surface area contributed by atoms with Gasteiger partial charge in [0, 0.05) is 19.3 Å². The number of carbonyl (C=O) groups is 3. The summed E-state index contributed by atoms with van der Waals surface area (Å²) in [7, 11) is 0. The van der Waals surface area contributed by atoms with Crippen molar-refractivity contribution in [1.82, 2.24) is 0 Å². The lowest BCUT2D eigenvalue weighted by Crippen LogP contribution is -2.30. The topological polar surface area (TPSA) is 78.9 Å². The molecule has 6 nitrogen and oxygen atoms in total. The van der Waals surface area contributed by atoms with Gasteiger partial charge in [0.25, 0.3) is 0 Å². The fourth-order valence-corrected chi connectivity index (χ4v) is 8.73. The van der Waals surface area contributed by atoms with Crippen LogP contribution >= 0.6 is 0 Å². The minimum Gasteiger partial charge on any atom is -0.462 e. The lowest BCUT2D eigenvalue weighted by Gasteiger charge is -2.18. The van der Waals surface area contributed by atoms with Crippen LogP contribution in [0.25, 0.3) is 0 Å². The van der Waals surface area contributed by atoms with Crippen molar-refractivity contribution < 1.29 is 28.6 Å². The third-order valence-corrected chi connectivity index (χ3v) is 13.2. The molecule has 0 aromatic heterocycles. The minimum atomic E-state index is -0.768. The summed E-state index contributed by atoms with van der Waals surface area (Å²) in [6.07, 6.45) is 64.7. The second kappa shape index (κ2) is 55.5. The quantitative estimate of drug-likeness (QED) is 0.0262. The molecule has 0 bridgehead atoms. The second-order valence-electron chi connectivity index (χ2n) is 19.9. The average Bonchev–Trinajstić information content (AvgIpc) is 3.31. The van der Waals surface area contributed by atoms with Crippen molar-refractivity contribution in [3.05, 3.63) is 24.3 Å². The Bertz CT molecular complexity index is 1070. The van der Waals surface area contributed by atoms with Crippen LogP contribution in [0.4, 0.5) is 0 Å². The molecule has 0 aliphatic rings. The van der Waals surface area contributed by atoms with Crippen molar-refractivity contribution >= 4 is 17.9 Å².